The van der Waals surface area contributed by atoms with Gasteiger partial charge in [-0.1, -0.05) is 182 Å². The summed E-state index contributed by atoms with van der Waals surface area (Å²) in [6, 6.07) is 63.9. The molecule has 0 radical (unpaired) electrons. The van der Waals surface area contributed by atoms with Crippen molar-refractivity contribution in [3.63, 3.8) is 0 Å². The number of hydrogen-bond donors (Lipinski definition) is 0. The molecule has 3 nitrogen and oxygen atoms in total. The lowest BCUT2D eigenvalue weighted by Crippen LogP contribution is -2.18. The van der Waals surface area contributed by atoms with Crippen molar-refractivity contribution in [2.45, 2.75) is 24.7 Å². The van der Waals surface area contributed by atoms with E-state index in [1.165, 1.54) is 71.4 Å². The Morgan fingerprint density at radius 3 is 1.90 bits per heavy atom. The molecule has 290 valence electrons. The average Bonchev–Trinajstić information content (AvgIpc) is 3.35. The Hall–Kier alpha value is -7.75. The van der Waals surface area contributed by atoms with Gasteiger partial charge in [0.25, 0.3) is 0 Å². The van der Waals surface area contributed by atoms with E-state index in [0.717, 1.165) is 63.2 Å². The Labute approximate surface area is 360 Å². The Morgan fingerprint density at radius 2 is 1.10 bits per heavy atom. The zero-order valence-electron chi connectivity index (χ0n) is 34.0. The molecule has 2 aromatic heterocycles. The first-order valence-electron chi connectivity index (χ1n) is 21.7. The predicted molar refractivity (Wildman–Crippen MR) is 259 cm³/mol. The summed E-state index contributed by atoms with van der Waals surface area (Å²) in [6.45, 7) is 0. The number of allylic oxidation sites excluding steroid dienone is 4. The predicted octanol–water partition coefficient (Wildman–Crippen LogP) is 15.1. The molecule has 0 saturated heterocycles. The summed E-state index contributed by atoms with van der Waals surface area (Å²) in [5.41, 5.74) is 18.5. The van der Waals surface area contributed by atoms with Crippen LogP contribution in [0.5, 0.6) is 0 Å². The molecule has 0 spiro atoms. The lowest BCUT2D eigenvalue weighted by Gasteiger charge is -2.35. The number of fused-ring (bicyclic) bond motifs is 13. The summed E-state index contributed by atoms with van der Waals surface area (Å²) in [7, 11) is 0. The molecule has 0 saturated carbocycles. The normalized spacial score (nSPS) is 16.2. The van der Waals surface area contributed by atoms with Crippen LogP contribution in [0.1, 0.15) is 40.5 Å². The van der Waals surface area contributed by atoms with Gasteiger partial charge in [0.15, 0.2) is 0 Å². The summed E-state index contributed by atoms with van der Waals surface area (Å²) in [4.78, 5) is 16.4. The van der Waals surface area contributed by atoms with E-state index < -0.39 is 0 Å². The van der Waals surface area contributed by atoms with Gasteiger partial charge < -0.3 is 0 Å². The maximum absolute atomic E-state index is 5.59. The van der Waals surface area contributed by atoms with Crippen molar-refractivity contribution >= 4 is 54.7 Å². The molecular weight excluding hydrogens is 751 g/mol. The van der Waals surface area contributed by atoms with E-state index in [9.17, 15) is 0 Å². The van der Waals surface area contributed by atoms with Crippen molar-refractivity contribution in [1.82, 2.24) is 9.97 Å². The highest BCUT2D eigenvalue weighted by atomic mass is 14.8. The molecule has 3 aliphatic rings. The zero-order valence-corrected chi connectivity index (χ0v) is 34.0. The maximum Gasteiger partial charge on any atom is 0.0968 e. The van der Waals surface area contributed by atoms with E-state index in [1.807, 2.05) is 6.07 Å². The lowest BCUT2D eigenvalue weighted by molar-refractivity contribution is 0.720. The second kappa shape index (κ2) is 13.9. The van der Waals surface area contributed by atoms with Crippen molar-refractivity contribution < 1.29 is 0 Å². The molecule has 3 heterocycles. The first-order chi connectivity index (χ1) is 30.8. The van der Waals surface area contributed by atoms with Crippen LogP contribution in [-0.4, -0.2) is 15.7 Å². The number of aromatic nitrogens is 2. The van der Waals surface area contributed by atoms with Crippen LogP contribution in [0.4, 0.5) is 5.69 Å². The molecule has 2 atom stereocenters. The molecular formula is C59H39N3. The van der Waals surface area contributed by atoms with E-state index in [2.05, 4.69) is 194 Å². The summed E-state index contributed by atoms with van der Waals surface area (Å²) < 4.78 is 0. The molecule has 2 unspecified atom stereocenters. The highest BCUT2D eigenvalue weighted by molar-refractivity contribution is 6.27. The van der Waals surface area contributed by atoms with Gasteiger partial charge in [-0.15, -0.1) is 0 Å². The van der Waals surface area contributed by atoms with Crippen LogP contribution in [0.15, 0.2) is 205 Å². The lowest BCUT2D eigenvalue weighted by atomic mass is 9.68. The van der Waals surface area contributed by atoms with Crippen molar-refractivity contribution in [3.05, 3.63) is 222 Å². The number of rotatable bonds is 4. The Morgan fingerprint density at radius 1 is 0.452 bits per heavy atom. The molecule has 0 bridgehead atoms. The average molecular weight is 790 g/mol. The summed E-state index contributed by atoms with van der Waals surface area (Å²) in [6.07, 6.45) is 10.9. The fourth-order valence-electron chi connectivity index (χ4n) is 10.8. The summed E-state index contributed by atoms with van der Waals surface area (Å²) in [5.74, 6) is 0.434. The SMILES string of the molecule is C1=CC2c3ccccc3-c3c(c(-c4cccc(-c5c6ccccc6c(C6=Nc7c(ccc8ccc(-c9ccccc9)nc78)CC6)c6ccccc56)c4)nc4ccccc34)C2C=C1. The van der Waals surface area contributed by atoms with Crippen LogP contribution in [0.25, 0.3) is 88.1 Å². The largest absolute Gasteiger partial charge is 0.250 e. The molecule has 3 heteroatoms. The molecule has 62 heavy (non-hydrogen) atoms. The molecule has 13 rings (SSSR count). The fraction of sp³-hybridized carbons (Fsp3) is 0.0678. The molecule has 1 aliphatic heterocycles. The molecule has 0 fully saturated rings. The first-order valence-corrected chi connectivity index (χ1v) is 21.7. The number of hydrogen-bond acceptors (Lipinski definition) is 3. The van der Waals surface area contributed by atoms with Crippen molar-refractivity contribution in [1.29, 1.82) is 0 Å². The van der Waals surface area contributed by atoms with Crippen LogP contribution in [0.3, 0.4) is 0 Å². The first kappa shape index (κ1) is 35.0. The van der Waals surface area contributed by atoms with Crippen LogP contribution in [0.2, 0.25) is 0 Å². The Bertz CT molecular complexity index is 3540. The van der Waals surface area contributed by atoms with Crippen LogP contribution in [0, 0.1) is 0 Å². The number of nitrogens with zero attached hydrogens (tertiary/aromatic N) is 3. The van der Waals surface area contributed by atoms with E-state index in [4.69, 9.17) is 15.0 Å². The van der Waals surface area contributed by atoms with Gasteiger partial charge in [-0.2, -0.15) is 0 Å². The minimum absolute atomic E-state index is 0.181. The Kier molecular flexibility index (Phi) is 7.86. The summed E-state index contributed by atoms with van der Waals surface area (Å²) >= 11 is 0. The quantitative estimate of drug-likeness (QED) is 0.167. The molecule has 2 aliphatic carbocycles. The van der Waals surface area contributed by atoms with Crippen LogP contribution in [-0.2, 0) is 6.42 Å². The molecule has 0 N–H and O–H groups in total. The van der Waals surface area contributed by atoms with E-state index in [-0.39, 0.29) is 11.8 Å². The third-order valence-corrected chi connectivity index (χ3v) is 13.5. The van der Waals surface area contributed by atoms with Crippen molar-refractivity contribution in [2.24, 2.45) is 4.99 Å². The standard InChI is InChI=1S/C59H39N3/c1-2-15-36(16-3-1)50-33-31-37-29-30-38-32-34-52(62-59(38)58(37)60-50)54-47-25-10-8-23-45(47)53(46-24-9-11-26-48(46)54)39-17-14-18-40(35-39)57-56-44-22-7-5-20-42(44)41-19-4-6-21-43(41)55(56)49-27-12-13-28-51(49)61-57/h1-31,33,35,42,44H,32,34H2. The van der Waals surface area contributed by atoms with Gasteiger partial charge in [-0.05, 0) is 91.5 Å². The molecule has 8 aromatic carbocycles. The number of pyridine rings is 2. The minimum atomic E-state index is 0.181. The third-order valence-electron chi connectivity index (χ3n) is 13.5. The van der Waals surface area contributed by atoms with E-state index >= 15 is 0 Å². The smallest absolute Gasteiger partial charge is 0.0968 e. The second-order valence-corrected chi connectivity index (χ2v) is 16.9. The van der Waals surface area contributed by atoms with Gasteiger partial charge in [0.1, 0.15) is 0 Å². The molecule has 10 aromatic rings. The maximum atomic E-state index is 5.59. The van der Waals surface area contributed by atoms with Gasteiger partial charge in [0.2, 0.25) is 0 Å². The van der Waals surface area contributed by atoms with Crippen LogP contribution < -0.4 is 0 Å². The number of benzene rings is 8. The topological polar surface area (TPSA) is 38.1 Å². The van der Waals surface area contributed by atoms with Gasteiger partial charge in [0, 0.05) is 45.0 Å². The second-order valence-electron chi connectivity index (χ2n) is 16.9. The van der Waals surface area contributed by atoms with Gasteiger partial charge in [0.05, 0.1) is 28.1 Å². The van der Waals surface area contributed by atoms with Gasteiger partial charge in [-0.3, -0.25) is 4.99 Å². The Balaban J connectivity index is 1.02. The van der Waals surface area contributed by atoms with Crippen molar-refractivity contribution in [3.8, 4) is 44.8 Å². The fourth-order valence-corrected chi connectivity index (χ4v) is 10.8. The van der Waals surface area contributed by atoms with E-state index in [0.29, 0.717) is 0 Å². The van der Waals surface area contributed by atoms with Crippen molar-refractivity contribution in [2.75, 3.05) is 0 Å². The van der Waals surface area contributed by atoms with E-state index in [1.54, 1.807) is 0 Å². The van der Waals surface area contributed by atoms with Gasteiger partial charge >= 0.3 is 0 Å². The minimum Gasteiger partial charge on any atom is -0.250 e. The highest BCUT2D eigenvalue weighted by Gasteiger charge is 2.36. The van der Waals surface area contributed by atoms with Gasteiger partial charge in [-0.25, -0.2) is 9.97 Å². The number of para-hydroxylation sites is 1. The zero-order chi connectivity index (χ0) is 40.7. The number of aryl methyl sites for hydroxylation is 1. The number of aliphatic imine (C=N–C) groups is 1. The monoisotopic (exact) mass is 789 g/mol. The third kappa shape index (κ3) is 5.34. The summed E-state index contributed by atoms with van der Waals surface area (Å²) in [5, 5.41) is 7.18. The molecule has 0 amide bonds. The van der Waals surface area contributed by atoms with Crippen LogP contribution >= 0.6 is 0 Å². The highest BCUT2D eigenvalue weighted by Crippen LogP contribution is 2.54.